The van der Waals surface area contributed by atoms with Gasteiger partial charge in [0.1, 0.15) is 6.10 Å². The van der Waals surface area contributed by atoms with Crippen LogP contribution in [0.4, 0.5) is 10.5 Å². The Morgan fingerprint density at radius 3 is 2.28 bits per heavy atom. The second kappa shape index (κ2) is 11.5. The molecular weight excluding hydrogens is 518 g/mol. The van der Waals surface area contributed by atoms with Crippen molar-refractivity contribution in [1.29, 1.82) is 0 Å². The average Bonchev–Trinajstić information content (AvgIpc) is 3.35. The summed E-state index contributed by atoms with van der Waals surface area (Å²) >= 11 is 0. The van der Waals surface area contributed by atoms with Crippen molar-refractivity contribution in [3.63, 3.8) is 0 Å². The number of aliphatic hydroxyl groups excluding tert-OH is 1. The third-order valence-electron chi connectivity index (χ3n) is 9.22. The molecule has 0 spiro atoms. The first-order valence-corrected chi connectivity index (χ1v) is 16.0. The highest BCUT2D eigenvalue weighted by Gasteiger charge is 2.52. The maximum Gasteiger partial charge on any atom is 0.407 e. The zero-order chi connectivity index (χ0) is 27.8. The molecule has 218 valence electrons. The van der Waals surface area contributed by atoms with Crippen LogP contribution < -0.4 is 11.1 Å². The Morgan fingerprint density at radius 2 is 1.74 bits per heavy atom. The molecule has 39 heavy (non-hydrogen) atoms. The molecular formula is C29H45N3O6S. The van der Waals surface area contributed by atoms with E-state index >= 15 is 0 Å². The van der Waals surface area contributed by atoms with Gasteiger partial charge in [-0.05, 0) is 98.3 Å². The van der Waals surface area contributed by atoms with Crippen LogP contribution in [-0.4, -0.2) is 68.5 Å². The number of benzene rings is 1. The first-order valence-electron chi connectivity index (χ1n) is 14.6. The molecule has 0 unspecified atom stereocenters. The maximum absolute atomic E-state index is 13.6. The van der Waals surface area contributed by atoms with Gasteiger partial charge in [-0.2, -0.15) is 4.31 Å². The molecule has 1 saturated heterocycles. The number of hydrogen-bond acceptors (Lipinski definition) is 7. The summed E-state index contributed by atoms with van der Waals surface area (Å²) in [6, 6.07) is 5.51. The van der Waals surface area contributed by atoms with E-state index in [-0.39, 0.29) is 35.4 Å². The molecule has 5 fully saturated rings. The van der Waals surface area contributed by atoms with Gasteiger partial charge in [-0.3, -0.25) is 0 Å². The Morgan fingerprint density at radius 1 is 1.13 bits per heavy atom. The molecule has 5 aliphatic rings. The minimum atomic E-state index is -3.88. The quantitative estimate of drug-likeness (QED) is 0.349. The van der Waals surface area contributed by atoms with E-state index in [0.29, 0.717) is 31.7 Å². The summed E-state index contributed by atoms with van der Waals surface area (Å²) in [5.41, 5.74) is 6.34. The lowest BCUT2D eigenvalue weighted by Crippen LogP contribution is -2.55. The lowest BCUT2D eigenvalue weighted by atomic mass is 9.48. The molecule has 6 rings (SSSR count). The third kappa shape index (κ3) is 6.72. The van der Waals surface area contributed by atoms with Crippen LogP contribution in [0.1, 0.15) is 65.2 Å². The third-order valence-corrected chi connectivity index (χ3v) is 11.1. The molecule has 4 saturated carbocycles. The smallest absolute Gasteiger partial charge is 0.407 e. The molecule has 4 bridgehead atoms. The number of ether oxygens (including phenoxy) is 2. The number of nitrogens with one attached hydrogen (secondary N) is 1. The second-order valence-corrected chi connectivity index (χ2v) is 15.1. The number of nitrogen functional groups attached to an aromatic ring is 1. The number of anilines is 1. The summed E-state index contributed by atoms with van der Waals surface area (Å²) in [5, 5.41) is 14.6. The first kappa shape index (κ1) is 28.6. The highest BCUT2D eigenvalue weighted by molar-refractivity contribution is 7.89. The molecule has 4 aliphatic carbocycles. The zero-order valence-electron chi connectivity index (χ0n) is 23.3. The monoisotopic (exact) mass is 563 g/mol. The van der Waals surface area contributed by atoms with Gasteiger partial charge < -0.3 is 25.6 Å². The molecule has 0 radical (unpaired) electrons. The van der Waals surface area contributed by atoms with E-state index < -0.39 is 28.3 Å². The number of nitrogens with zero attached hydrogens (tertiary/aromatic N) is 1. The predicted octanol–water partition coefficient (Wildman–Crippen LogP) is 3.77. The molecule has 1 amide bonds. The summed E-state index contributed by atoms with van der Waals surface area (Å²) < 4.78 is 39.6. The number of carbonyl (C=O) groups excluding carboxylic acids is 1. The van der Waals surface area contributed by atoms with Crippen molar-refractivity contribution in [2.75, 3.05) is 32.0 Å². The molecule has 9 nitrogen and oxygen atoms in total. The maximum atomic E-state index is 13.6. The normalized spacial score (nSPS) is 31.5. The van der Waals surface area contributed by atoms with E-state index in [9.17, 15) is 18.3 Å². The summed E-state index contributed by atoms with van der Waals surface area (Å²) in [6.45, 7) is 4.96. The fourth-order valence-electron chi connectivity index (χ4n) is 8.04. The second-order valence-electron chi connectivity index (χ2n) is 13.1. The Hall–Kier alpha value is -1.88. The van der Waals surface area contributed by atoms with Gasteiger partial charge in [-0.1, -0.05) is 13.8 Å². The van der Waals surface area contributed by atoms with Crippen molar-refractivity contribution in [2.45, 2.75) is 88.4 Å². The van der Waals surface area contributed by atoms with Gasteiger partial charge in [0.2, 0.25) is 10.0 Å². The number of amides is 1. The Kier molecular flexibility index (Phi) is 8.48. The highest BCUT2D eigenvalue weighted by atomic mass is 32.2. The van der Waals surface area contributed by atoms with Crippen molar-refractivity contribution in [1.82, 2.24) is 9.62 Å². The molecule has 1 aromatic carbocycles. The Bertz CT molecular complexity index is 1070. The van der Waals surface area contributed by atoms with Crippen molar-refractivity contribution >= 4 is 21.8 Å². The Balaban J connectivity index is 1.36. The fourth-order valence-corrected chi connectivity index (χ4v) is 9.66. The lowest BCUT2D eigenvalue weighted by Gasteiger charge is -2.58. The number of alkyl carbamates (subject to hydrolysis) is 1. The topological polar surface area (TPSA) is 131 Å². The molecule has 1 aromatic rings. The summed E-state index contributed by atoms with van der Waals surface area (Å²) in [6.07, 6.45) is 6.57. The van der Waals surface area contributed by atoms with Crippen molar-refractivity contribution in [3.8, 4) is 0 Å². The van der Waals surface area contributed by atoms with E-state index in [2.05, 4.69) is 5.32 Å². The summed E-state index contributed by atoms with van der Waals surface area (Å²) in [4.78, 5) is 13.1. The first-order chi connectivity index (χ1) is 18.5. The molecule has 0 aromatic heterocycles. The molecule has 1 aliphatic heterocycles. The fraction of sp³-hybridized carbons (Fsp3) is 0.759. The van der Waals surface area contributed by atoms with Gasteiger partial charge in [0.25, 0.3) is 0 Å². The average molecular weight is 564 g/mol. The van der Waals surface area contributed by atoms with Gasteiger partial charge >= 0.3 is 6.09 Å². The summed E-state index contributed by atoms with van der Waals surface area (Å²) in [5.74, 6) is 2.21. The minimum Gasteiger partial charge on any atom is -0.444 e. The summed E-state index contributed by atoms with van der Waals surface area (Å²) in [7, 11) is -3.88. The molecule has 1 heterocycles. The number of sulfonamides is 1. The standard InChI is InChI=1S/C29H45N3O6S/c1-19(2)16-32(39(35,36)25-5-3-23(30)4-6-25)17-27(33)26(31-28(34)38-24-7-8-37-18-24)15-29-12-20-9-21(13-29)11-22(10-20)14-29/h3-6,19-22,24,26-27,33H,7-18,30H2,1-2H3,(H,31,34)/t20?,21?,22?,24-,26-,27+,29?/m0/s1. The van der Waals surface area contributed by atoms with Gasteiger partial charge in [0.15, 0.2) is 0 Å². The Labute approximate surface area is 232 Å². The predicted molar refractivity (Wildman–Crippen MR) is 148 cm³/mol. The van der Waals surface area contributed by atoms with Gasteiger partial charge in [-0.15, -0.1) is 0 Å². The van der Waals surface area contributed by atoms with Crippen LogP contribution >= 0.6 is 0 Å². The van der Waals surface area contributed by atoms with Crippen molar-refractivity contribution in [2.24, 2.45) is 29.1 Å². The van der Waals surface area contributed by atoms with Crippen molar-refractivity contribution in [3.05, 3.63) is 24.3 Å². The van der Waals surface area contributed by atoms with E-state index in [1.54, 1.807) is 12.1 Å². The number of hydrogen-bond donors (Lipinski definition) is 3. The van der Waals surface area contributed by atoms with Gasteiger partial charge in [-0.25, -0.2) is 13.2 Å². The van der Waals surface area contributed by atoms with Crippen LogP contribution in [0.5, 0.6) is 0 Å². The van der Waals surface area contributed by atoms with Gasteiger partial charge in [0, 0.05) is 25.2 Å². The number of nitrogens with two attached hydrogens (primary N) is 1. The SMILES string of the molecule is CC(C)CN(C[C@@H](O)[C@H](CC12CC3CC(CC(C3)C1)C2)NC(=O)O[C@H]1CCOC1)S(=O)(=O)c1ccc(N)cc1. The van der Waals surface area contributed by atoms with Crippen LogP contribution in [0.3, 0.4) is 0 Å². The van der Waals surface area contributed by atoms with Crippen LogP contribution in [0.15, 0.2) is 29.2 Å². The van der Waals surface area contributed by atoms with E-state index in [4.69, 9.17) is 15.2 Å². The largest absolute Gasteiger partial charge is 0.444 e. The van der Waals surface area contributed by atoms with Crippen LogP contribution in [0.25, 0.3) is 0 Å². The van der Waals surface area contributed by atoms with Crippen molar-refractivity contribution < 1.29 is 27.8 Å². The molecule has 4 N–H and O–H groups in total. The number of carbonyl (C=O) groups is 1. The zero-order valence-corrected chi connectivity index (χ0v) is 24.1. The van der Waals surface area contributed by atoms with E-state index in [1.807, 2.05) is 13.8 Å². The number of aliphatic hydroxyl groups is 1. The van der Waals surface area contributed by atoms with E-state index in [1.165, 1.54) is 35.7 Å². The van der Waals surface area contributed by atoms with Crippen LogP contribution in [-0.2, 0) is 19.5 Å². The minimum absolute atomic E-state index is 0.0441. The lowest BCUT2D eigenvalue weighted by molar-refractivity contribution is -0.0699. The van der Waals surface area contributed by atoms with Crippen LogP contribution in [0.2, 0.25) is 0 Å². The van der Waals surface area contributed by atoms with Crippen LogP contribution in [0, 0.1) is 29.1 Å². The number of rotatable bonds is 11. The van der Waals surface area contributed by atoms with E-state index in [0.717, 1.165) is 37.0 Å². The highest BCUT2D eigenvalue weighted by Crippen LogP contribution is 2.61. The van der Waals surface area contributed by atoms with Gasteiger partial charge in [0.05, 0.1) is 30.3 Å². The molecule has 10 heteroatoms. The molecule has 3 atom stereocenters.